The van der Waals surface area contributed by atoms with E-state index in [1.54, 1.807) is 6.08 Å². The molecule has 0 unspecified atom stereocenters. The lowest BCUT2D eigenvalue weighted by atomic mass is 9.86. The number of carbonyl (C=O) groups is 1. The third-order valence-electron chi connectivity index (χ3n) is 2.23. The number of rotatable bonds is 5. The van der Waals surface area contributed by atoms with Gasteiger partial charge in [-0.05, 0) is 0 Å². The number of hydroxylamine groups is 2. The van der Waals surface area contributed by atoms with Crippen molar-refractivity contribution in [2.45, 2.75) is 20.0 Å². The Hall–Kier alpha value is -1.13. The summed E-state index contributed by atoms with van der Waals surface area (Å²) >= 11 is 0. The van der Waals surface area contributed by atoms with Crippen molar-refractivity contribution in [1.29, 1.82) is 0 Å². The maximum absolute atomic E-state index is 11.3. The lowest BCUT2D eigenvalue weighted by Gasteiger charge is -2.24. The molecule has 0 saturated heterocycles. The number of amides is 1. The van der Waals surface area contributed by atoms with Crippen LogP contribution in [0, 0.1) is 5.41 Å². The van der Waals surface area contributed by atoms with E-state index < -0.39 is 11.5 Å². The van der Waals surface area contributed by atoms with Crippen LogP contribution in [0.1, 0.15) is 13.8 Å². The second-order valence-corrected chi connectivity index (χ2v) is 3.85. The molecule has 0 aliphatic rings. The van der Waals surface area contributed by atoms with Crippen LogP contribution in [0.5, 0.6) is 0 Å². The number of hydrogen-bond donors (Lipinski definition) is 1. The van der Waals surface area contributed by atoms with Gasteiger partial charge in [0.15, 0.2) is 0 Å². The molecule has 4 heteroatoms. The minimum Gasteiger partial charge on any atom is -0.388 e. The molecule has 86 valence electrons. The highest BCUT2D eigenvalue weighted by atomic mass is 16.7. The molecule has 0 fully saturated rings. The van der Waals surface area contributed by atoms with Crippen LogP contribution in [0.4, 0.5) is 0 Å². The Morgan fingerprint density at radius 2 is 2.13 bits per heavy atom. The first kappa shape index (κ1) is 13.9. The highest BCUT2D eigenvalue weighted by molar-refractivity contribution is 5.86. The van der Waals surface area contributed by atoms with Crippen LogP contribution >= 0.6 is 0 Å². The fourth-order valence-electron chi connectivity index (χ4n) is 0.883. The Kier molecular flexibility index (Phi) is 5.25. The number of aliphatic hydroxyl groups excluding tert-OH is 1. The standard InChI is InChI=1S/C11H19NO3/c1-6-9(13)11(2,3)8-7-10(14)12(4)15-5/h6-9,13H,1H2,2-5H3/b8-7+/t9-/m0/s1. The number of hydrogen-bond acceptors (Lipinski definition) is 3. The summed E-state index contributed by atoms with van der Waals surface area (Å²) in [4.78, 5) is 16.1. The van der Waals surface area contributed by atoms with Gasteiger partial charge in [0, 0.05) is 18.5 Å². The van der Waals surface area contributed by atoms with E-state index in [0.717, 1.165) is 5.06 Å². The van der Waals surface area contributed by atoms with E-state index in [1.807, 2.05) is 13.8 Å². The Bertz CT molecular complexity index is 259. The number of carbonyl (C=O) groups excluding carboxylic acids is 1. The van der Waals surface area contributed by atoms with Crippen molar-refractivity contribution >= 4 is 5.91 Å². The van der Waals surface area contributed by atoms with Gasteiger partial charge in [-0.3, -0.25) is 9.63 Å². The topological polar surface area (TPSA) is 49.8 Å². The summed E-state index contributed by atoms with van der Waals surface area (Å²) in [6, 6.07) is 0. The van der Waals surface area contributed by atoms with Crippen LogP contribution < -0.4 is 0 Å². The highest BCUT2D eigenvalue weighted by Crippen LogP contribution is 2.23. The van der Waals surface area contributed by atoms with E-state index in [1.165, 1.54) is 26.3 Å². The maximum Gasteiger partial charge on any atom is 0.269 e. The molecule has 1 N–H and O–H groups in total. The predicted octanol–water partition coefficient (Wildman–Crippen LogP) is 1.14. The molecule has 0 aromatic rings. The second-order valence-electron chi connectivity index (χ2n) is 3.85. The van der Waals surface area contributed by atoms with Crippen molar-refractivity contribution in [3.8, 4) is 0 Å². The molecule has 1 atom stereocenters. The second kappa shape index (κ2) is 5.68. The third kappa shape index (κ3) is 4.27. The minimum atomic E-state index is -0.686. The summed E-state index contributed by atoms with van der Waals surface area (Å²) in [6.07, 6.45) is 3.76. The fraction of sp³-hybridized carbons (Fsp3) is 0.545. The van der Waals surface area contributed by atoms with Crippen LogP contribution in [-0.2, 0) is 9.63 Å². The van der Waals surface area contributed by atoms with Crippen LogP contribution in [0.3, 0.4) is 0 Å². The van der Waals surface area contributed by atoms with Crippen LogP contribution in [0.25, 0.3) is 0 Å². The van der Waals surface area contributed by atoms with Crippen LogP contribution in [0.15, 0.2) is 24.8 Å². The van der Waals surface area contributed by atoms with Gasteiger partial charge in [0.05, 0.1) is 13.2 Å². The molecular formula is C11H19NO3. The third-order valence-corrected chi connectivity index (χ3v) is 2.23. The Morgan fingerprint density at radius 3 is 2.53 bits per heavy atom. The van der Waals surface area contributed by atoms with Gasteiger partial charge < -0.3 is 5.11 Å². The van der Waals surface area contributed by atoms with Crippen molar-refractivity contribution in [1.82, 2.24) is 5.06 Å². The maximum atomic E-state index is 11.3. The minimum absolute atomic E-state index is 0.276. The molecular weight excluding hydrogens is 194 g/mol. The Balaban J connectivity index is 4.51. The first-order valence-electron chi connectivity index (χ1n) is 4.66. The van der Waals surface area contributed by atoms with Crippen LogP contribution in [-0.4, -0.2) is 36.3 Å². The van der Waals surface area contributed by atoms with Crippen LogP contribution in [0.2, 0.25) is 0 Å². The fourth-order valence-corrected chi connectivity index (χ4v) is 0.883. The Labute approximate surface area is 90.8 Å². The van der Waals surface area contributed by atoms with E-state index in [0.29, 0.717) is 0 Å². The zero-order chi connectivity index (χ0) is 12.1. The zero-order valence-corrected chi connectivity index (χ0v) is 9.73. The molecule has 0 rings (SSSR count). The van der Waals surface area contributed by atoms with Crippen molar-refractivity contribution in [3.63, 3.8) is 0 Å². The summed E-state index contributed by atoms with van der Waals surface area (Å²) in [5.74, 6) is -0.276. The van der Waals surface area contributed by atoms with Gasteiger partial charge in [-0.1, -0.05) is 26.0 Å². The van der Waals surface area contributed by atoms with Gasteiger partial charge in [0.25, 0.3) is 5.91 Å². The first-order valence-corrected chi connectivity index (χ1v) is 4.66. The largest absolute Gasteiger partial charge is 0.388 e. The molecule has 0 aliphatic carbocycles. The highest BCUT2D eigenvalue weighted by Gasteiger charge is 2.22. The average Bonchev–Trinajstić information content (AvgIpc) is 2.23. The smallest absolute Gasteiger partial charge is 0.269 e. The monoisotopic (exact) mass is 213 g/mol. The van der Waals surface area contributed by atoms with Gasteiger partial charge in [-0.25, -0.2) is 5.06 Å². The lowest BCUT2D eigenvalue weighted by Crippen LogP contribution is -2.27. The summed E-state index contributed by atoms with van der Waals surface area (Å²) in [6.45, 7) is 7.13. The summed E-state index contributed by atoms with van der Waals surface area (Å²) in [5.41, 5.74) is -0.522. The van der Waals surface area contributed by atoms with E-state index >= 15 is 0 Å². The van der Waals surface area contributed by atoms with Crippen molar-refractivity contribution in [3.05, 3.63) is 24.8 Å². The van der Waals surface area contributed by atoms with E-state index in [4.69, 9.17) is 4.84 Å². The molecule has 1 amide bonds. The zero-order valence-electron chi connectivity index (χ0n) is 9.73. The van der Waals surface area contributed by atoms with Crippen molar-refractivity contribution in [2.75, 3.05) is 14.2 Å². The molecule has 15 heavy (non-hydrogen) atoms. The summed E-state index contributed by atoms with van der Waals surface area (Å²) in [5, 5.41) is 10.7. The molecule has 0 heterocycles. The van der Waals surface area contributed by atoms with E-state index in [2.05, 4.69) is 6.58 Å². The number of nitrogens with zero attached hydrogens (tertiary/aromatic N) is 1. The van der Waals surface area contributed by atoms with Crippen molar-refractivity contribution in [2.24, 2.45) is 5.41 Å². The van der Waals surface area contributed by atoms with Crippen molar-refractivity contribution < 1.29 is 14.7 Å². The first-order chi connectivity index (χ1) is 6.85. The molecule has 4 nitrogen and oxygen atoms in total. The molecule has 0 spiro atoms. The summed E-state index contributed by atoms with van der Waals surface area (Å²) < 4.78 is 0. The number of likely N-dealkylation sites (N-methyl/N-ethyl adjacent to an activating group) is 1. The molecule has 0 radical (unpaired) electrons. The van der Waals surface area contributed by atoms with E-state index in [-0.39, 0.29) is 5.91 Å². The average molecular weight is 213 g/mol. The van der Waals surface area contributed by atoms with Gasteiger partial charge in [0.1, 0.15) is 0 Å². The van der Waals surface area contributed by atoms with Gasteiger partial charge in [-0.2, -0.15) is 0 Å². The molecule has 0 aromatic heterocycles. The molecule has 0 saturated carbocycles. The molecule has 0 aromatic carbocycles. The van der Waals surface area contributed by atoms with Gasteiger partial charge in [-0.15, -0.1) is 6.58 Å². The van der Waals surface area contributed by atoms with E-state index in [9.17, 15) is 9.90 Å². The lowest BCUT2D eigenvalue weighted by molar-refractivity contribution is -0.162. The number of aliphatic hydroxyl groups is 1. The van der Waals surface area contributed by atoms with Gasteiger partial charge >= 0.3 is 0 Å². The molecule has 0 bridgehead atoms. The molecule has 0 aliphatic heterocycles. The normalized spacial score (nSPS) is 13.9. The predicted molar refractivity (Wildman–Crippen MR) is 58.9 cm³/mol. The SMILES string of the molecule is C=C[C@H](O)C(C)(C)/C=C/C(=O)N(C)OC. The van der Waals surface area contributed by atoms with Gasteiger partial charge in [0.2, 0.25) is 0 Å². The Morgan fingerprint density at radius 1 is 1.60 bits per heavy atom. The summed E-state index contributed by atoms with van der Waals surface area (Å²) in [7, 11) is 2.93. The quantitative estimate of drug-likeness (QED) is 0.423.